The Balaban J connectivity index is 1.51. The van der Waals surface area contributed by atoms with Crippen LogP contribution in [0.2, 0.25) is 0 Å². The summed E-state index contributed by atoms with van der Waals surface area (Å²) in [7, 11) is 0. The molecule has 2 aromatic rings. The van der Waals surface area contributed by atoms with Crippen molar-refractivity contribution in [3.05, 3.63) is 59.8 Å². The van der Waals surface area contributed by atoms with Crippen molar-refractivity contribution in [2.24, 2.45) is 10.9 Å². The van der Waals surface area contributed by atoms with Crippen LogP contribution in [0.3, 0.4) is 0 Å². The molecule has 2 heterocycles. The molecule has 26 heavy (non-hydrogen) atoms. The molecule has 7 nitrogen and oxygen atoms in total. The van der Waals surface area contributed by atoms with Crippen LogP contribution < -0.4 is 5.90 Å². The normalized spacial score (nSPS) is 15.2. The van der Waals surface area contributed by atoms with Crippen LogP contribution in [0.25, 0.3) is 0 Å². The average molecular weight is 354 g/mol. The summed E-state index contributed by atoms with van der Waals surface area (Å²) in [5.41, 5.74) is 1.95. The van der Waals surface area contributed by atoms with Crippen LogP contribution in [0, 0.1) is 0 Å². The van der Waals surface area contributed by atoms with Gasteiger partial charge in [-0.05, 0) is 30.5 Å². The summed E-state index contributed by atoms with van der Waals surface area (Å²) in [6.45, 7) is 1.60. The molecule has 1 aliphatic rings. The van der Waals surface area contributed by atoms with E-state index in [0.29, 0.717) is 31.4 Å². The Labute approximate surface area is 152 Å². The van der Waals surface area contributed by atoms with Crippen LogP contribution in [0.15, 0.2) is 53.5 Å². The van der Waals surface area contributed by atoms with E-state index in [4.69, 9.17) is 10.6 Å². The molecule has 2 N–H and O–H groups in total. The van der Waals surface area contributed by atoms with E-state index in [9.17, 15) is 4.79 Å². The highest BCUT2D eigenvalue weighted by Crippen LogP contribution is 2.28. The van der Waals surface area contributed by atoms with Crippen LogP contribution in [0.5, 0.6) is 0 Å². The number of carbonyl (C=O) groups excluding carboxylic acids is 1. The van der Waals surface area contributed by atoms with Crippen LogP contribution in [0.1, 0.15) is 30.0 Å². The zero-order valence-corrected chi connectivity index (χ0v) is 14.5. The molecule has 0 atom stereocenters. The van der Waals surface area contributed by atoms with Gasteiger partial charge < -0.3 is 14.5 Å². The summed E-state index contributed by atoms with van der Waals surface area (Å²) < 4.78 is 5.40. The fraction of sp³-hybridized carbons (Fsp3) is 0.316. The van der Waals surface area contributed by atoms with Crippen LogP contribution in [-0.4, -0.2) is 35.5 Å². The third-order valence-corrected chi connectivity index (χ3v) is 4.38. The number of aromatic nitrogens is 1. The number of nitrogens with zero attached hydrogens (tertiary/aromatic N) is 3. The molecule has 3 rings (SSSR count). The van der Waals surface area contributed by atoms with Crippen molar-refractivity contribution < 1.29 is 14.4 Å². The van der Waals surface area contributed by atoms with Crippen molar-refractivity contribution in [3.8, 4) is 0 Å². The summed E-state index contributed by atoms with van der Waals surface area (Å²) >= 11 is 0. The second kappa shape index (κ2) is 8.96. The first-order valence-electron chi connectivity index (χ1n) is 8.57. The summed E-state index contributed by atoms with van der Waals surface area (Å²) in [5, 5.41) is 0. The Hall–Kier alpha value is -2.93. The third-order valence-electron chi connectivity index (χ3n) is 4.38. The number of hydrogen-bond acceptors (Lipinski definition) is 6. The Morgan fingerprint density at radius 1 is 1.19 bits per heavy atom. The second-order valence-electron chi connectivity index (χ2n) is 6.09. The molecule has 0 spiro atoms. The number of benzene rings is 1. The first-order valence-corrected chi connectivity index (χ1v) is 8.57. The van der Waals surface area contributed by atoms with Crippen molar-refractivity contribution in [2.45, 2.75) is 25.4 Å². The molecule has 0 radical (unpaired) electrons. The van der Waals surface area contributed by atoms with E-state index in [2.05, 4.69) is 14.8 Å². The predicted octanol–water partition coefficient (Wildman–Crippen LogP) is 3.15. The van der Waals surface area contributed by atoms with E-state index in [0.717, 1.165) is 30.5 Å². The molecule has 1 fully saturated rings. The van der Waals surface area contributed by atoms with Gasteiger partial charge in [0.2, 0.25) is 6.40 Å². The van der Waals surface area contributed by atoms with Gasteiger partial charge in [-0.1, -0.05) is 36.4 Å². The first kappa shape index (κ1) is 17.9. The minimum atomic E-state index is -0.265. The fourth-order valence-corrected chi connectivity index (χ4v) is 2.99. The lowest BCUT2D eigenvalue weighted by atomic mass is 9.93. The second-order valence-corrected chi connectivity index (χ2v) is 6.09. The van der Waals surface area contributed by atoms with Crippen LogP contribution in [-0.2, 0) is 16.2 Å². The highest BCUT2D eigenvalue weighted by Gasteiger charge is 2.25. The first-order chi connectivity index (χ1) is 12.8. The number of piperidine rings is 1. The van der Waals surface area contributed by atoms with Crippen molar-refractivity contribution in [1.82, 2.24) is 9.88 Å². The van der Waals surface area contributed by atoms with Gasteiger partial charge >= 0.3 is 6.09 Å². The van der Waals surface area contributed by atoms with Gasteiger partial charge in [-0.15, -0.1) is 0 Å². The van der Waals surface area contributed by atoms with Crippen molar-refractivity contribution in [2.75, 3.05) is 13.1 Å². The highest BCUT2D eigenvalue weighted by atomic mass is 16.6. The number of carbonyl (C=O) groups is 1. The van der Waals surface area contributed by atoms with Gasteiger partial charge in [-0.25, -0.2) is 9.78 Å². The van der Waals surface area contributed by atoms with E-state index in [1.54, 1.807) is 11.0 Å². The van der Waals surface area contributed by atoms with Crippen molar-refractivity contribution in [1.29, 1.82) is 0 Å². The molecule has 136 valence electrons. The quantitative estimate of drug-likeness (QED) is 0.506. The summed E-state index contributed by atoms with van der Waals surface area (Å²) in [6, 6.07) is 15.4. The third kappa shape index (κ3) is 4.80. The van der Waals surface area contributed by atoms with E-state index in [-0.39, 0.29) is 6.09 Å². The standard InChI is InChI=1S/C19H22N4O3/c20-26-14-21-18-8-4-7-17(22-18)16-9-11-23(12-10-16)19(24)25-13-15-5-2-1-3-6-15/h1-8,14,16H,9-13,20H2. The predicted molar refractivity (Wildman–Crippen MR) is 97.8 cm³/mol. The monoisotopic (exact) mass is 354 g/mol. The number of amides is 1. The maximum atomic E-state index is 12.2. The fourth-order valence-electron chi connectivity index (χ4n) is 2.99. The van der Waals surface area contributed by atoms with Crippen molar-refractivity contribution in [3.63, 3.8) is 0 Å². The lowest BCUT2D eigenvalue weighted by molar-refractivity contribution is 0.0868. The van der Waals surface area contributed by atoms with Crippen LogP contribution >= 0.6 is 0 Å². The molecule has 1 amide bonds. The molecule has 1 aromatic carbocycles. The molecular formula is C19H22N4O3. The number of nitrogens with two attached hydrogens (primary N) is 1. The Bertz CT molecular complexity index is 743. The largest absolute Gasteiger partial charge is 0.445 e. The Kier molecular flexibility index (Phi) is 6.16. The number of aliphatic imine (C=N–C) groups is 1. The van der Waals surface area contributed by atoms with E-state index in [1.807, 2.05) is 42.5 Å². The minimum absolute atomic E-state index is 0.265. The van der Waals surface area contributed by atoms with E-state index < -0.39 is 0 Å². The summed E-state index contributed by atoms with van der Waals surface area (Å²) in [5.74, 6) is 5.78. The zero-order chi connectivity index (χ0) is 18.2. The van der Waals surface area contributed by atoms with Gasteiger partial charge in [-0.3, -0.25) is 0 Å². The lowest BCUT2D eigenvalue weighted by Crippen LogP contribution is -2.38. The number of likely N-dealkylation sites (tertiary alicyclic amines) is 1. The number of ether oxygens (including phenoxy) is 1. The van der Waals surface area contributed by atoms with Crippen LogP contribution in [0.4, 0.5) is 10.6 Å². The molecule has 7 heteroatoms. The number of hydrogen-bond donors (Lipinski definition) is 1. The Morgan fingerprint density at radius 3 is 2.69 bits per heavy atom. The highest BCUT2D eigenvalue weighted by molar-refractivity contribution is 5.67. The molecule has 1 aliphatic heterocycles. The van der Waals surface area contributed by atoms with Gasteiger partial charge in [-0.2, -0.15) is 10.9 Å². The van der Waals surface area contributed by atoms with Gasteiger partial charge in [0.1, 0.15) is 6.61 Å². The maximum absolute atomic E-state index is 12.2. The lowest BCUT2D eigenvalue weighted by Gasteiger charge is -2.31. The van der Waals surface area contributed by atoms with Gasteiger partial charge in [0.25, 0.3) is 0 Å². The van der Waals surface area contributed by atoms with E-state index in [1.165, 1.54) is 0 Å². The topological polar surface area (TPSA) is 90.0 Å². The molecule has 0 aliphatic carbocycles. The molecule has 0 bridgehead atoms. The van der Waals surface area contributed by atoms with Gasteiger partial charge in [0.05, 0.1) is 0 Å². The molecular weight excluding hydrogens is 332 g/mol. The van der Waals surface area contributed by atoms with Gasteiger partial charge in [0, 0.05) is 24.7 Å². The summed E-state index contributed by atoms with van der Waals surface area (Å²) in [6.07, 6.45) is 2.57. The average Bonchev–Trinajstić information content (AvgIpc) is 2.71. The van der Waals surface area contributed by atoms with Gasteiger partial charge in [0.15, 0.2) is 5.82 Å². The maximum Gasteiger partial charge on any atom is 0.410 e. The SMILES string of the molecule is NOC=Nc1cccc(C2CCN(C(=O)OCc3ccccc3)CC2)n1. The molecule has 1 saturated heterocycles. The van der Waals surface area contributed by atoms with E-state index >= 15 is 0 Å². The number of pyridine rings is 1. The molecule has 0 saturated carbocycles. The summed E-state index contributed by atoms with van der Waals surface area (Å²) in [4.78, 5) is 26.8. The smallest absolute Gasteiger partial charge is 0.410 e. The van der Waals surface area contributed by atoms with Crippen molar-refractivity contribution >= 4 is 18.3 Å². The Morgan fingerprint density at radius 2 is 1.96 bits per heavy atom. The molecule has 1 aromatic heterocycles. The molecule has 0 unspecified atom stereocenters. The number of rotatable bonds is 5. The zero-order valence-electron chi connectivity index (χ0n) is 14.5. The minimum Gasteiger partial charge on any atom is -0.445 e.